The number of aromatic hydroxyl groups is 4. The molecule has 1 atom stereocenters. The molecule has 13 nitrogen and oxygen atoms in total. The summed E-state index contributed by atoms with van der Waals surface area (Å²) in [6.45, 7) is 28.7. The lowest BCUT2D eigenvalue weighted by atomic mass is 9.68. The normalized spacial score (nSPS) is 13.3. The van der Waals surface area contributed by atoms with Gasteiger partial charge in [0.1, 0.15) is 28.7 Å². The van der Waals surface area contributed by atoms with Gasteiger partial charge in [-0.25, -0.2) is 0 Å². The molecule has 14 heteroatoms. The smallest absolute Gasteiger partial charge is 0.135 e. The fraction of sp³-hybridized carbons (Fsp3) is 0.507. The maximum atomic E-state index is 11.9. The topological polar surface area (TPSA) is 164 Å². The molecule has 1 unspecified atom stereocenters. The van der Waals surface area contributed by atoms with Crippen LogP contribution in [0.4, 0.5) is 0 Å². The Morgan fingerprint density at radius 3 is 0.989 bits per heavy atom. The fourth-order valence-corrected chi connectivity index (χ4v) is 13.9. The fourth-order valence-electron chi connectivity index (χ4n) is 12.8. The number of phenolic OH excluding ortho intramolecular Hbond substituents is 4. The summed E-state index contributed by atoms with van der Waals surface area (Å²) in [5.74, 6) is 1.23. The lowest BCUT2D eigenvalue weighted by molar-refractivity contribution is 0.129. The van der Waals surface area contributed by atoms with Gasteiger partial charge >= 0.3 is 0 Å². The van der Waals surface area contributed by atoms with Crippen LogP contribution in [0.3, 0.4) is 0 Å². The van der Waals surface area contributed by atoms with Crippen molar-refractivity contribution in [3.05, 3.63) is 168 Å². The quantitative estimate of drug-likeness (QED) is 0.0304. The third-order valence-electron chi connectivity index (χ3n) is 16.8. The molecule has 6 aromatic rings. The van der Waals surface area contributed by atoms with Crippen molar-refractivity contribution in [1.29, 1.82) is 0 Å². The van der Waals surface area contributed by atoms with Crippen molar-refractivity contribution in [2.24, 2.45) is 10.8 Å². The first kappa shape index (κ1) is 70.4. The van der Waals surface area contributed by atoms with Gasteiger partial charge in [-0.2, -0.15) is 0 Å². The van der Waals surface area contributed by atoms with Crippen LogP contribution in [0.5, 0.6) is 28.7 Å². The molecular weight excluding hydrogens is 1120 g/mol. The van der Waals surface area contributed by atoms with Gasteiger partial charge in [0.2, 0.25) is 0 Å². The van der Waals surface area contributed by atoms with Gasteiger partial charge < -0.3 is 63.1 Å². The summed E-state index contributed by atoms with van der Waals surface area (Å²) < 4.78 is 52.7. The molecule has 0 bridgehead atoms. The molecule has 0 aliphatic heterocycles. The van der Waals surface area contributed by atoms with E-state index in [-0.39, 0.29) is 86.7 Å². The van der Waals surface area contributed by atoms with Crippen molar-refractivity contribution in [1.82, 2.24) is 0 Å². The highest BCUT2D eigenvalue weighted by Crippen LogP contribution is 2.50. The highest BCUT2D eigenvalue weighted by atomic mass is 32.2. The van der Waals surface area contributed by atoms with E-state index in [2.05, 4.69) is 126 Å². The van der Waals surface area contributed by atoms with E-state index >= 15 is 0 Å². The van der Waals surface area contributed by atoms with E-state index in [0.717, 1.165) is 56.5 Å². The van der Waals surface area contributed by atoms with Crippen molar-refractivity contribution in [3.63, 3.8) is 0 Å². The summed E-state index contributed by atoms with van der Waals surface area (Å²) in [5, 5.41) is 46.4. The lowest BCUT2D eigenvalue weighted by Gasteiger charge is -2.37. The predicted molar refractivity (Wildman–Crippen MR) is 347 cm³/mol. The van der Waals surface area contributed by atoms with Gasteiger partial charge in [-0.3, -0.25) is 0 Å². The Kier molecular flexibility index (Phi) is 23.7. The molecule has 0 aliphatic rings. The Labute approximate surface area is 524 Å². The minimum Gasteiger partial charge on any atom is -0.507 e. The maximum Gasteiger partial charge on any atom is 0.135 e. The number of phenols is 4. The lowest BCUT2D eigenvalue weighted by Crippen LogP contribution is -2.32. The summed E-state index contributed by atoms with van der Waals surface area (Å²) in [5.41, 5.74) is 10.3. The van der Waals surface area contributed by atoms with E-state index < -0.39 is 21.7 Å². The Bertz CT molecular complexity index is 3200. The third kappa shape index (κ3) is 16.6. The van der Waals surface area contributed by atoms with Gasteiger partial charge in [-0.15, -0.1) is 0 Å². The first-order chi connectivity index (χ1) is 40.9. The Morgan fingerprint density at radius 1 is 0.333 bits per heavy atom. The molecule has 4 N–H and O–H groups in total. The second-order valence-corrected chi connectivity index (χ2v) is 28.5. The van der Waals surface area contributed by atoms with Crippen LogP contribution in [0.1, 0.15) is 179 Å². The van der Waals surface area contributed by atoms with Gasteiger partial charge in [0.15, 0.2) is 0 Å². The van der Waals surface area contributed by atoms with E-state index in [9.17, 15) is 20.4 Å². The van der Waals surface area contributed by atoms with Gasteiger partial charge in [0, 0.05) is 112 Å². The summed E-state index contributed by atoms with van der Waals surface area (Å²) in [7, 11) is 13.1. The molecule has 0 amide bonds. The number of hydrogen-bond donors (Lipinski definition) is 4. The number of ether oxygens (including phenoxy) is 9. The van der Waals surface area contributed by atoms with E-state index in [1.54, 1.807) is 56.9 Å². The second kappa shape index (κ2) is 29.3. The van der Waals surface area contributed by atoms with Crippen LogP contribution in [0, 0.1) is 10.8 Å². The first-order valence-electron chi connectivity index (χ1n) is 29.8. The van der Waals surface area contributed by atoms with Crippen molar-refractivity contribution in [2.75, 3.05) is 63.5 Å². The summed E-state index contributed by atoms with van der Waals surface area (Å²) in [4.78, 5) is 1.26. The average molecular weight is 1220 g/mol. The van der Waals surface area contributed by atoms with Crippen LogP contribution in [0.25, 0.3) is 0 Å². The van der Waals surface area contributed by atoms with Crippen LogP contribution in [0.2, 0.25) is 0 Å². The molecule has 0 heterocycles. The molecule has 6 aromatic carbocycles. The van der Waals surface area contributed by atoms with Crippen LogP contribution >= 0.6 is 11.8 Å². The van der Waals surface area contributed by atoms with Crippen molar-refractivity contribution >= 4 is 11.8 Å². The second-order valence-electron chi connectivity index (χ2n) is 27.4. The number of rotatable bonds is 31. The SMILES string of the molecule is COCc1cc(C(C)(C)c2ccc(C(C)(c3cc(COC)c(O)c(COC)c3)c3cc(COC)c(OCC(C)(C)CC(C)(C)c4cc(COC)c(O)c(Sc5cc(C(C)(C)CC(C)(C)C)cc(COC)c5O)c4)c(COC)c3)cc2)cc(COC)c1O. The zero-order valence-corrected chi connectivity index (χ0v) is 56.5. The molecule has 0 spiro atoms. The number of hydrogen-bond acceptors (Lipinski definition) is 14. The molecule has 0 radical (unpaired) electrons. The molecule has 0 fully saturated rings. The molecule has 87 heavy (non-hydrogen) atoms. The number of benzene rings is 6. The van der Waals surface area contributed by atoms with E-state index in [0.29, 0.717) is 61.9 Å². The summed E-state index contributed by atoms with van der Waals surface area (Å²) in [6, 6.07) is 29.3. The van der Waals surface area contributed by atoms with E-state index in [4.69, 9.17) is 42.6 Å². The largest absolute Gasteiger partial charge is 0.507 e. The Morgan fingerprint density at radius 2 is 0.632 bits per heavy atom. The molecule has 6 rings (SSSR count). The van der Waals surface area contributed by atoms with Gasteiger partial charge in [0.05, 0.1) is 69.3 Å². The zero-order valence-electron chi connectivity index (χ0n) is 55.7. The minimum atomic E-state index is -0.858. The highest BCUT2D eigenvalue weighted by Gasteiger charge is 2.38. The molecule has 0 aromatic heterocycles. The Hall–Kier alpha value is -5.65. The summed E-state index contributed by atoms with van der Waals surface area (Å²) >= 11 is 1.35. The molecule has 476 valence electrons. The minimum absolute atomic E-state index is 0.0613. The monoisotopic (exact) mass is 1220 g/mol. The Balaban J connectivity index is 1.43. The van der Waals surface area contributed by atoms with Crippen LogP contribution < -0.4 is 4.74 Å². The predicted octanol–water partition coefficient (Wildman–Crippen LogP) is 16.0. The highest BCUT2D eigenvalue weighted by molar-refractivity contribution is 7.99. The number of methoxy groups -OCH3 is 8. The average Bonchev–Trinajstić information content (AvgIpc) is 0.977. The van der Waals surface area contributed by atoms with Crippen LogP contribution in [-0.2, 0) is 112 Å². The van der Waals surface area contributed by atoms with Gasteiger partial charge in [0.25, 0.3) is 0 Å². The summed E-state index contributed by atoms with van der Waals surface area (Å²) in [6.07, 6.45) is 1.61. The molecule has 0 saturated carbocycles. The standard InChI is InChI=1S/C73H100O13S/c1-68(2,3)43-70(6,7)56-25-50(39-82-17)65(76)61(33-56)87-62-34-57(26-51(40-83-18)66(62)77)71(8,9)44-69(4,5)45-86-67-52(41-84-19)31-60(32-53(67)42-85-20)73(12,59-29-48(37-80-15)64(75)49(30-59)38-81-16)55-23-21-54(22-24-55)72(10,11)58-27-46(35-78-13)63(74)47(28-58)36-79-14/h21-34,74-77H,35-45H2,1-20H3. The van der Waals surface area contributed by atoms with Crippen molar-refractivity contribution in [2.45, 2.75) is 180 Å². The first-order valence-corrected chi connectivity index (χ1v) is 30.6. The van der Waals surface area contributed by atoms with Crippen LogP contribution in [0.15, 0.2) is 94.7 Å². The maximum absolute atomic E-state index is 11.9. The van der Waals surface area contributed by atoms with Crippen molar-refractivity contribution in [3.8, 4) is 28.7 Å². The van der Waals surface area contributed by atoms with Gasteiger partial charge in [-0.1, -0.05) is 112 Å². The molecule has 0 aliphatic carbocycles. The van der Waals surface area contributed by atoms with Gasteiger partial charge in [-0.05, 0) is 141 Å². The zero-order chi connectivity index (χ0) is 64.5. The third-order valence-corrected chi connectivity index (χ3v) is 17.9. The van der Waals surface area contributed by atoms with Crippen LogP contribution in [-0.4, -0.2) is 83.9 Å². The van der Waals surface area contributed by atoms with E-state index in [1.165, 1.54) is 11.8 Å². The van der Waals surface area contributed by atoms with Crippen molar-refractivity contribution < 1.29 is 63.1 Å². The molecule has 0 saturated heterocycles. The van der Waals surface area contributed by atoms with E-state index in [1.807, 2.05) is 42.5 Å². The molecular formula is C73H100O13S.